The van der Waals surface area contributed by atoms with Gasteiger partial charge in [0, 0.05) is 0 Å². The first-order valence-electron chi connectivity index (χ1n) is 5.79. The van der Waals surface area contributed by atoms with Crippen molar-refractivity contribution in [2.24, 2.45) is 0 Å². The molecule has 0 amide bonds. The summed E-state index contributed by atoms with van der Waals surface area (Å²) in [5.41, 5.74) is -10.5. The smallest absolute Gasteiger partial charge is 0.124 e. The minimum Gasteiger partial charge on any atom is -0.393 e. The summed E-state index contributed by atoms with van der Waals surface area (Å²) in [5, 5.41) is 60.1. The predicted molar refractivity (Wildman–Crippen MR) is 65.9 cm³/mol. The third kappa shape index (κ3) is 2.29. The Kier molecular flexibility index (Phi) is 4.34. The molecule has 6 N–H and O–H groups in total. The van der Waals surface area contributed by atoms with Gasteiger partial charge in [0.05, 0.1) is 12.2 Å². The zero-order valence-corrected chi connectivity index (χ0v) is 11.9. The lowest BCUT2D eigenvalue weighted by Gasteiger charge is -2.56. The zero-order chi connectivity index (χ0) is 15.2. The van der Waals surface area contributed by atoms with E-state index < -0.39 is 34.6 Å². The van der Waals surface area contributed by atoms with Crippen LogP contribution in [0.15, 0.2) is 0 Å². The van der Waals surface area contributed by atoms with Crippen molar-refractivity contribution in [2.75, 3.05) is 6.61 Å². The van der Waals surface area contributed by atoms with Crippen molar-refractivity contribution in [2.45, 2.75) is 69.5 Å². The summed E-state index contributed by atoms with van der Waals surface area (Å²) in [4.78, 5) is 0. The van der Waals surface area contributed by atoms with Gasteiger partial charge < -0.3 is 30.6 Å². The van der Waals surface area contributed by atoms with Crippen molar-refractivity contribution >= 4 is 0 Å². The van der Waals surface area contributed by atoms with Gasteiger partial charge in [-0.1, -0.05) is 0 Å². The van der Waals surface area contributed by atoms with Gasteiger partial charge in [-0.3, -0.25) is 0 Å². The van der Waals surface area contributed by atoms with E-state index in [-0.39, 0.29) is 0 Å². The van der Waals surface area contributed by atoms with Crippen molar-refractivity contribution in [3.8, 4) is 0 Å². The first kappa shape index (κ1) is 17.8. The van der Waals surface area contributed by atoms with Crippen molar-refractivity contribution in [3.05, 3.63) is 0 Å². The number of aliphatic hydroxyl groups is 6. The molecule has 110 valence electrons. The molecule has 0 radical (unpaired) electrons. The summed E-state index contributed by atoms with van der Waals surface area (Å²) in [7, 11) is 0. The lowest BCUT2D eigenvalue weighted by Crippen LogP contribution is -2.76. The second-order valence-corrected chi connectivity index (χ2v) is 6.21. The Hall–Kier alpha value is -0.240. The van der Waals surface area contributed by atoms with Crippen LogP contribution in [0.3, 0.4) is 0 Å². The van der Waals surface area contributed by atoms with Crippen LogP contribution in [-0.4, -0.2) is 65.3 Å². The van der Waals surface area contributed by atoms with E-state index in [0.29, 0.717) is 0 Å². The van der Waals surface area contributed by atoms with Crippen LogP contribution in [0.1, 0.15) is 41.5 Å². The molecule has 4 atom stereocenters. The van der Waals surface area contributed by atoms with Crippen molar-refractivity contribution in [3.63, 3.8) is 0 Å². The Morgan fingerprint density at radius 3 is 1.17 bits per heavy atom. The molecule has 6 nitrogen and oxygen atoms in total. The highest BCUT2D eigenvalue weighted by Gasteiger charge is 2.65. The topological polar surface area (TPSA) is 121 Å². The maximum Gasteiger partial charge on any atom is 0.124 e. The Bertz CT molecular complexity index is 298. The molecule has 6 heteroatoms. The molecule has 0 aromatic carbocycles. The van der Waals surface area contributed by atoms with Crippen LogP contribution < -0.4 is 0 Å². The molecule has 0 fully saturated rings. The van der Waals surface area contributed by atoms with Crippen molar-refractivity contribution in [1.82, 2.24) is 0 Å². The van der Waals surface area contributed by atoms with Gasteiger partial charge in [0.1, 0.15) is 22.4 Å². The summed E-state index contributed by atoms with van der Waals surface area (Å²) in [6.45, 7) is 6.17. The van der Waals surface area contributed by atoms with Crippen LogP contribution in [0, 0.1) is 0 Å². The largest absolute Gasteiger partial charge is 0.393 e. The average Bonchev–Trinajstić information content (AvgIpc) is 2.15. The second-order valence-electron chi connectivity index (χ2n) is 6.21. The third-order valence-corrected chi connectivity index (χ3v) is 4.44. The number of hydrogen-bond donors (Lipinski definition) is 6. The summed E-state index contributed by atoms with van der Waals surface area (Å²) in [6.07, 6.45) is 0. The first-order valence-corrected chi connectivity index (χ1v) is 5.79. The fourth-order valence-corrected chi connectivity index (χ4v) is 1.75. The Morgan fingerprint density at radius 1 is 0.611 bits per heavy atom. The molecule has 0 heterocycles. The number of aliphatic hydroxyl groups excluding tert-OH is 1. The van der Waals surface area contributed by atoms with E-state index in [1.165, 1.54) is 13.8 Å². The van der Waals surface area contributed by atoms with E-state index in [1.807, 2.05) is 0 Å². The van der Waals surface area contributed by atoms with Gasteiger partial charge >= 0.3 is 0 Å². The molecular formula is C12H26O6. The van der Waals surface area contributed by atoms with E-state index in [4.69, 9.17) is 5.11 Å². The lowest BCUT2D eigenvalue weighted by molar-refractivity contribution is -0.314. The molecule has 0 rings (SSSR count). The highest BCUT2D eigenvalue weighted by Crippen LogP contribution is 2.43. The molecule has 0 bridgehead atoms. The SMILES string of the molecule is CC(C)(O)[C@](C)(O)[C@@](C)(O)[C@](C)(O)[C@](C)(O)CO. The van der Waals surface area contributed by atoms with Crippen LogP contribution in [0.5, 0.6) is 0 Å². The van der Waals surface area contributed by atoms with Gasteiger partial charge in [0.2, 0.25) is 0 Å². The average molecular weight is 266 g/mol. The molecule has 0 saturated carbocycles. The van der Waals surface area contributed by atoms with E-state index in [0.717, 1.165) is 27.7 Å². The van der Waals surface area contributed by atoms with Gasteiger partial charge in [-0.25, -0.2) is 0 Å². The Balaban J connectivity index is 5.80. The molecule has 0 aliphatic heterocycles. The number of rotatable bonds is 5. The van der Waals surface area contributed by atoms with Gasteiger partial charge in [-0.05, 0) is 41.5 Å². The van der Waals surface area contributed by atoms with Crippen LogP contribution in [-0.2, 0) is 0 Å². The monoisotopic (exact) mass is 266 g/mol. The van der Waals surface area contributed by atoms with E-state index >= 15 is 0 Å². The normalized spacial score (nSPS) is 26.7. The maximum absolute atomic E-state index is 10.4. The standard InChI is InChI=1S/C12H26O6/c1-8(2,14)10(4,16)12(6,18)11(5,17)9(3,15)7-13/h13-18H,7H2,1-6H3/t9-,10+,11-,12-/m1/s1. The molecule has 0 aromatic rings. The van der Waals surface area contributed by atoms with E-state index in [9.17, 15) is 25.5 Å². The third-order valence-electron chi connectivity index (χ3n) is 4.44. The van der Waals surface area contributed by atoms with Crippen LogP contribution >= 0.6 is 0 Å². The summed E-state index contributed by atoms with van der Waals surface area (Å²) < 4.78 is 0. The Labute approximate surface area is 108 Å². The van der Waals surface area contributed by atoms with Gasteiger partial charge in [0.25, 0.3) is 0 Å². The molecule has 0 saturated heterocycles. The molecule has 0 aliphatic carbocycles. The van der Waals surface area contributed by atoms with Crippen LogP contribution in [0.25, 0.3) is 0 Å². The minimum atomic E-state index is -2.29. The van der Waals surface area contributed by atoms with Gasteiger partial charge in [-0.2, -0.15) is 0 Å². The van der Waals surface area contributed by atoms with E-state index in [2.05, 4.69) is 0 Å². The maximum atomic E-state index is 10.4. The van der Waals surface area contributed by atoms with E-state index in [1.54, 1.807) is 0 Å². The summed E-state index contributed by atoms with van der Waals surface area (Å²) in [5.74, 6) is 0. The van der Waals surface area contributed by atoms with Crippen LogP contribution in [0.4, 0.5) is 0 Å². The molecule has 0 spiro atoms. The first-order chi connectivity index (χ1) is 7.56. The lowest BCUT2D eigenvalue weighted by atomic mass is 9.62. The fraction of sp³-hybridized carbons (Fsp3) is 1.00. The minimum absolute atomic E-state index is 0.821. The summed E-state index contributed by atoms with van der Waals surface area (Å²) >= 11 is 0. The molecule has 0 aliphatic rings. The quantitative estimate of drug-likeness (QED) is 0.370. The molecule has 0 aromatic heterocycles. The highest BCUT2D eigenvalue weighted by atomic mass is 16.4. The van der Waals surface area contributed by atoms with Crippen molar-refractivity contribution in [1.29, 1.82) is 0 Å². The summed E-state index contributed by atoms with van der Waals surface area (Å²) in [6, 6.07) is 0. The zero-order valence-electron chi connectivity index (χ0n) is 11.9. The fourth-order valence-electron chi connectivity index (χ4n) is 1.75. The molecule has 0 unspecified atom stereocenters. The molecule has 18 heavy (non-hydrogen) atoms. The Morgan fingerprint density at radius 2 is 0.944 bits per heavy atom. The highest BCUT2D eigenvalue weighted by molar-refractivity contribution is 5.16. The van der Waals surface area contributed by atoms with Crippen LogP contribution in [0.2, 0.25) is 0 Å². The number of hydrogen-bond acceptors (Lipinski definition) is 6. The second kappa shape index (κ2) is 4.40. The predicted octanol–water partition coefficient (Wildman–Crippen LogP) is -1.25. The molecular weight excluding hydrogens is 240 g/mol. The van der Waals surface area contributed by atoms with Gasteiger partial charge in [-0.15, -0.1) is 0 Å². The van der Waals surface area contributed by atoms with Crippen molar-refractivity contribution < 1.29 is 30.6 Å². The van der Waals surface area contributed by atoms with Gasteiger partial charge in [0.15, 0.2) is 0 Å².